The van der Waals surface area contributed by atoms with Gasteiger partial charge in [-0.15, -0.1) is 0 Å². The molecule has 0 atom stereocenters. The lowest BCUT2D eigenvalue weighted by Crippen LogP contribution is -2.08. The van der Waals surface area contributed by atoms with E-state index in [0.29, 0.717) is 56.8 Å². The second-order valence-corrected chi connectivity index (χ2v) is 7.93. The van der Waals surface area contributed by atoms with E-state index >= 15 is 0 Å². The topological polar surface area (TPSA) is 82.1 Å². The van der Waals surface area contributed by atoms with Crippen LogP contribution in [0.4, 0.5) is 0 Å². The highest BCUT2D eigenvalue weighted by Crippen LogP contribution is 2.29. The summed E-state index contributed by atoms with van der Waals surface area (Å²) < 4.78 is 16.9. The van der Waals surface area contributed by atoms with Crippen molar-refractivity contribution in [3.8, 4) is 17.2 Å². The summed E-state index contributed by atoms with van der Waals surface area (Å²) in [6.45, 7) is 8.66. The molecule has 2 aromatic rings. The van der Waals surface area contributed by atoms with Crippen LogP contribution in [0.3, 0.4) is 0 Å². The number of aryl methyl sites for hydroxylation is 3. The van der Waals surface area contributed by atoms with E-state index in [1.54, 1.807) is 13.0 Å². The molecule has 0 amide bonds. The number of carbonyl (C=O) groups excluding carboxylic acids is 2. The van der Waals surface area contributed by atoms with Crippen molar-refractivity contribution in [2.24, 2.45) is 0 Å². The third-order valence-corrected chi connectivity index (χ3v) is 5.32. The van der Waals surface area contributed by atoms with Crippen LogP contribution in [0, 0.1) is 0 Å². The normalized spacial score (nSPS) is 10.7. The van der Waals surface area contributed by atoms with Gasteiger partial charge in [-0.05, 0) is 61.9 Å². The van der Waals surface area contributed by atoms with Crippen molar-refractivity contribution in [1.29, 1.82) is 0 Å². The SMILES string of the molecule is CCCc1ccc(CCC(=O)OCC)cc1OCCCOc1cc(O)c(C(C)=O)cc1CC. The zero-order valence-corrected chi connectivity index (χ0v) is 20.2. The van der Waals surface area contributed by atoms with Crippen LogP contribution in [0.2, 0.25) is 0 Å². The Balaban J connectivity index is 1.93. The standard InChI is InChI=1S/C27H36O6/c1-5-9-22-12-10-20(11-13-27(30)31-7-3)16-25(22)32-14-8-15-33-26-18-24(29)23(19(4)28)17-21(26)6-2/h10,12,16-18,29H,5-9,11,13-15H2,1-4H3. The Kier molecular flexibility index (Phi) is 10.7. The molecule has 6 heteroatoms. The second-order valence-electron chi connectivity index (χ2n) is 7.93. The third-order valence-electron chi connectivity index (χ3n) is 5.32. The molecule has 0 aliphatic rings. The van der Waals surface area contributed by atoms with Crippen molar-refractivity contribution in [3.05, 3.63) is 52.6 Å². The van der Waals surface area contributed by atoms with E-state index in [-0.39, 0.29) is 17.5 Å². The lowest BCUT2D eigenvalue weighted by Gasteiger charge is -2.15. The molecular weight excluding hydrogens is 420 g/mol. The van der Waals surface area contributed by atoms with E-state index in [1.165, 1.54) is 13.0 Å². The van der Waals surface area contributed by atoms with Gasteiger partial charge in [-0.1, -0.05) is 32.4 Å². The van der Waals surface area contributed by atoms with Crippen molar-refractivity contribution < 1.29 is 28.9 Å². The minimum atomic E-state index is -0.191. The fraction of sp³-hybridized carbons (Fsp3) is 0.481. The van der Waals surface area contributed by atoms with Crippen molar-refractivity contribution in [2.45, 2.75) is 66.2 Å². The van der Waals surface area contributed by atoms with E-state index in [2.05, 4.69) is 13.0 Å². The molecule has 0 radical (unpaired) electrons. The van der Waals surface area contributed by atoms with Crippen LogP contribution in [0.25, 0.3) is 0 Å². The van der Waals surface area contributed by atoms with E-state index < -0.39 is 0 Å². The number of hydrogen-bond donors (Lipinski definition) is 1. The molecule has 0 aliphatic heterocycles. The summed E-state index contributed by atoms with van der Waals surface area (Å²) in [5.74, 6) is 1.01. The van der Waals surface area contributed by atoms with Crippen LogP contribution in [-0.4, -0.2) is 36.7 Å². The van der Waals surface area contributed by atoms with Crippen LogP contribution in [0.1, 0.15) is 74.0 Å². The lowest BCUT2D eigenvalue weighted by atomic mass is 10.0. The molecular formula is C27H36O6. The van der Waals surface area contributed by atoms with Gasteiger partial charge in [0.05, 0.1) is 25.4 Å². The zero-order valence-electron chi connectivity index (χ0n) is 20.2. The molecule has 2 rings (SSSR count). The monoisotopic (exact) mass is 456 g/mol. The van der Waals surface area contributed by atoms with Crippen LogP contribution in [-0.2, 0) is 28.8 Å². The molecule has 0 saturated heterocycles. The molecule has 1 N–H and O–H groups in total. The van der Waals surface area contributed by atoms with E-state index in [9.17, 15) is 14.7 Å². The maximum absolute atomic E-state index is 11.7. The number of Topliss-reactive ketones (excluding diaryl/α,β-unsaturated/α-hetero) is 1. The Morgan fingerprint density at radius 3 is 2.21 bits per heavy atom. The fourth-order valence-corrected chi connectivity index (χ4v) is 3.57. The van der Waals surface area contributed by atoms with Gasteiger partial charge >= 0.3 is 5.97 Å². The van der Waals surface area contributed by atoms with Gasteiger partial charge in [-0.25, -0.2) is 0 Å². The summed E-state index contributed by atoms with van der Waals surface area (Å²) in [6, 6.07) is 9.34. The quantitative estimate of drug-likeness (QED) is 0.231. The molecule has 0 heterocycles. The molecule has 180 valence electrons. The first kappa shape index (κ1) is 26.2. The predicted molar refractivity (Wildman–Crippen MR) is 128 cm³/mol. The van der Waals surface area contributed by atoms with Gasteiger partial charge in [0.1, 0.15) is 17.2 Å². The van der Waals surface area contributed by atoms with Crippen molar-refractivity contribution in [3.63, 3.8) is 0 Å². The molecule has 0 bridgehead atoms. The number of benzene rings is 2. The number of aromatic hydroxyl groups is 1. The number of ether oxygens (including phenoxy) is 3. The summed E-state index contributed by atoms with van der Waals surface area (Å²) >= 11 is 0. The number of esters is 1. The Labute approximate surface area is 196 Å². The van der Waals surface area contributed by atoms with Crippen molar-refractivity contribution in [1.82, 2.24) is 0 Å². The molecule has 0 fully saturated rings. The first-order valence-corrected chi connectivity index (χ1v) is 11.8. The van der Waals surface area contributed by atoms with Gasteiger partial charge in [0.15, 0.2) is 5.78 Å². The summed E-state index contributed by atoms with van der Waals surface area (Å²) in [4.78, 5) is 23.3. The van der Waals surface area contributed by atoms with E-state index in [4.69, 9.17) is 14.2 Å². The maximum Gasteiger partial charge on any atom is 0.306 e. The van der Waals surface area contributed by atoms with E-state index in [1.807, 2.05) is 19.1 Å². The van der Waals surface area contributed by atoms with Gasteiger partial charge in [0, 0.05) is 18.9 Å². The summed E-state index contributed by atoms with van der Waals surface area (Å²) in [6.07, 6.45) is 4.27. The number of rotatable bonds is 14. The van der Waals surface area contributed by atoms with Gasteiger partial charge in [-0.3, -0.25) is 9.59 Å². The molecule has 6 nitrogen and oxygen atoms in total. The fourth-order valence-electron chi connectivity index (χ4n) is 3.57. The third kappa shape index (κ3) is 8.12. The number of hydrogen-bond acceptors (Lipinski definition) is 6. The second kappa shape index (κ2) is 13.5. The Hall–Kier alpha value is -3.02. The van der Waals surface area contributed by atoms with Gasteiger partial charge in [0.25, 0.3) is 0 Å². The average Bonchev–Trinajstić information content (AvgIpc) is 2.79. The largest absolute Gasteiger partial charge is 0.507 e. The first-order chi connectivity index (χ1) is 15.9. The van der Waals surface area contributed by atoms with E-state index in [0.717, 1.165) is 35.3 Å². The Morgan fingerprint density at radius 1 is 0.909 bits per heavy atom. The molecule has 2 aromatic carbocycles. The zero-order chi connectivity index (χ0) is 24.2. The van der Waals surface area contributed by atoms with Crippen LogP contribution in [0.15, 0.2) is 30.3 Å². The number of phenols is 1. The molecule has 0 aliphatic carbocycles. The highest BCUT2D eigenvalue weighted by Gasteiger charge is 2.13. The number of phenolic OH excluding ortho intramolecular Hbond substituents is 1. The highest BCUT2D eigenvalue weighted by atomic mass is 16.5. The average molecular weight is 457 g/mol. The van der Waals surface area contributed by atoms with Crippen LogP contribution >= 0.6 is 0 Å². The maximum atomic E-state index is 11.7. The van der Waals surface area contributed by atoms with Crippen molar-refractivity contribution in [2.75, 3.05) is 19.8 Å². The minimum absolute atomic E-state index is 0.0604. The van der Waals surface area contributed by atoms with Crippen LogP contribution < -0.4 is 9.47 Å². The van der Waals surface area contributed by atoms with Gasteiger partial charge in [-0.2, -0.15) is 0 Å². The smallest absolute Gasteiger partial charge is 0.306 e. The summed E-state index contributed by atoms with van der Waals surface area (Å²) in [5.41, 5.74) is 3.39. The predicted octanol–water partition coefficient (Wildman–Crippen LogP) is 5.45. The van der Waals surface area contributed by atoms with Crippen LogP contribution in [0.5, 0.6) is 17.2 Å². The molecule has 0 unspecified atom stereocenters. The summed E-state index contributed by atoms with van der Waals surface area (Å²) in [5, 5.41) is 10.1. The lowest BCUT2D eigenvalue weighted by molar-refractivity contribution is -0.143. The minimum Gasteiger partial charge on any atom is -0.507 e. The molecule has 0 aromatic heterocycles. The molecule has 0 saturated carbocycles. The molecule has 33 heavy (non-hydrogen) atoms. The highest BCUT2D eigenvalue weighted by molar-refractivity contribution is 5.97. The number of carbonyl (C=O) groups is 2. The Bertz CT molecular complexity index is 934. The first-order valence-electron chi connectivity index (χ1n) is 11.8. The molecule has 0 spiro atoms. The van der Waals surface area contributed by atoms with Gasteiger partial charge in [0.2, 0.25) is 0 Å². The number of ketones is 1. The Morgan fingerprint density at radius 2 is 1.61 bits per heavy atom. The van der Waals surface area contributed by atoms with Gasteiger partial charge < -0.3 is 19.3 Å². The van der Waals surface area contributed by atoms with Crippen molar-refractivity contribution >= 4 is 11.8 Å². The summed E-state index contributed by atoms with van der Waals surface area (Å²) in [7, 11) is 0.